The summed E-state index contributed by atoms with van der Waals surface area (Å²) >= 11 is 0. The predicted molar refractivity (Wildman–Crippen MR) is 122 cm³/mol. The molecule has 0 unspecified atom stereocenters. The number of hydrogen-bond acceptors (Lipinski definition) is 7. The average Bonchev–Trinajstić information content (AvgIpc) is 2.74. The number of amides is 1. The summed E-state index contributed by atoms with van der Waals surface area (Å²) in [5.41, 5.74) is 1.89. The van der Waals surface area contributed by atoms with Crippen molar-refractivity contribution in [2.24, 2.45) is 4.99 Å². The second-order valence-corrected chi connectivity index (χ2v) is 7.27. The van der Waals surface area contributed by atoms with Gasteiger partial charge in [-0.2, -0.15) is 0 Å². The molecule has 0 aliphatic carbocycles. The molecular weight excluding hydrogens is 412 g/mol. The van der Waals surface area contributed by atoms with E-state index in [1.807, 2.05) is 38.1 Å². The Morgan fingerprint density at radius 2 is 1.78 bits per heavy atom. The van der Waals surface area contributed by atoms with Crippen LogP contribution in [0.4, 0.5) is 0 Å². The van der Waals surface area contributed by atoms with Gasteiger partial charge in [0.15, 0.2) is 11.5 Å². The lowest BCUT2D eigenvalue weighted by Crippen LogP contribution is -2.42. The number of esters is 2. The van der Waals surface area contributed by atoms with E-state index in [2.05, 4.69) is 17.0 Å². The highest BCUT2D eigenvalue weighted by Crippen LogP contribution is 2.25. The summed E-state index contributed by atoms with van der Waals surface area (Å²) in [4.78, 5) is 40.5. The molecule has 0 aromatic heterocycles. The van der Waals surface area contributed by atoms with Gasteiger partial charge in [-0.15, -0.1) is 0 Å². The van der Waals surface area contributed by atoms with Crippen molar-refractivity contribution >= 4 is 24.6 Å². The number of aryl methyl sites for hydroxylation is 1. The Kier molecular flexibility index (Phi) is 10.3. The molecule has 0 aliphatic heterocycles. The number of carbonyl (C=O) groups is 3. The van der Waals surface area contributed by atoms with Crippen molar-refractivity contribution in [3.8, 4) is 0 Å². The van der Waals surface area contributed by atoms with Crippen molar-refractivity contribution < 1.29 is 28.6 Å². The second-order valence-electron chi connectivity index (χ2n) is 7.27. The molecule has 0 radical (unpaired) electrons. The standard InChI is InChI=1S/C24H32N2O6/c1-9-20(30-8)22(32-18(6)27)21(25-7)23(28)26-16(4)24(29)31-17(5)15(3)19-13-11-10-12-14(19)2/h9-13,15-17H,7H2,1-6,8H3,(H,26,28)/b20-9+,22-21+/t15-,16+,17+/m1/s1. The van der Waals surface area contributed by atoms with E-state index < -0.39 is 30.0 Å². The van der Waals surface area contributed by atoms with Crippen molar-refractivity contribution in [2.75, 3.05) is 7.11 Å². The van der Waals surface area contributed by atoms with Gasteiger partial charge in [0.2, 0.25) is 5.76 Å². The molecule has 3 atom stereocenters. The van der Waals surface area contributed by atoms with Crippen LogP contribution in [0.3, 0.4) is 0 Å². The van der Waals surface area contributed by atoms with Gasteiger partial charge >= 0.3 is 11.9 Å². The van der Waals surface area contributed by atoms with Crippen molar-refractivity contribution in [1.29, 1.82) is 0 Å². The van der Waals surface area contributed by atoms with Crippen LogP contribution in [0.1, 0.15) is 51.7 Å². The molecule has 0 bridgehead atoms. The predicted octanol–water partition coefficient (Wildman–Crippen LogP) is 3.56. The maximum atomic E-state index is 12.7. The van der Waals surface area contributed by atoms with Gasteiger partial charge in [0.1, 0.15) is 12.1 Å². The Bertz CT molecular complexity index is 919. The van der Waals surface area contributed by atoms with E-state index in [0.29, 0.717) is 0 Å². The van der Waals surface area contributed by atoms with E-state index in [0.717, 1.165) is 11.1 Å². The lowest BCUT2D eigenvalue weighted by Gasteiger charge is -2.24. The quantitative estimate of drug-likeness (QED) is 0.195. The van der Waals surface area contributed by atoms with Crippen molar-refractivity contribution in [3.05, 3.63) is 58.7 Å². The molecular formula is C24H32N2O6. The van der Waals surface area contributed by atoms with E-state index in [1.165, 1.54) is 27.0 Å². The number of nitrogens with one attached hydrogen (secondary N) is 1. The number of aliphatic imine (C=N–C) groups is 1. The van der Waals surface area contributed by atoms with Gasteiger partial charge in [0.25, 0.3) is 5.91 Å². The minimum absolute atomic E-state index is 0.0390. The fourth-order valence-corrected chi connectivity index (χ4v) is 3.01. The van der Waals surface area contributed by atoms with Crippen molar-refractivity contribution in [1.82, 2.24) is 5.32 Å². The maximum absolute atomic E-state index is 12.7. The largest absolute Gasteiger partial charge is 0.493 e. The molecule has 1 amide bonds. The molecule has 0 heterocycles. The van der Waals surface area contributed by atoms with Crippen LogP contribution >= 0.6 is 0 Å². The number of allylic oxidation sites excluding steroid dienone is 1. The van der Waals surface area contributed by atoms with Crippen LogP contribution in [0.15, 0.2) is 52.5 Å². The first kappa shape index (κ1) is 26.6. The average molecular weight is 445 g/mol. The summed E-state index contributed by atoms with van der Waals surface area (Å²) in [5.74, 6) is -2.16. The van der Waals surface area contributed by atoms with Gasteiger partial charge in [0.05, 0.1) is 7.11 Å². The van der Waals surface area contributed by atoms with Gasteiger partial charge in [-0.25, -0.2) is 4.79 Å². The highest BCUT2D eigenvalue weighted by Gasteiger charge is 2.27. The summed E-state index contributed by atoms with van der Waals surface area (Å²) in [6.45, 7) is 13.4. The third-order valence-corrected chi connectivity index (χ3v) is 4.93. The Labute approximate surface area is 189 Å². The summed E-state index contributed by atoms with van der Waals surface area (Å²) in [6, 6.07) is 6.89. The topological polar surface area (TPSA) is 103 Å². The maximum Gasteiger partial charge on any atom is 0.328 e. The molecule has 0 aliphatic rings. The smallest absolute Gasteiger partial charge is 0.328 e. The molecule has 1 rings (SSSR count). The number of ether oxygens (including phenoxy) is 3. The van der Waals surface area contributed by atoms with Crippen LogP contribution in [-0.4, -0.2) is 43.8 Å². The van der Waals surface area contributed by atoms with Crippen LogP contribution < -0.4 is 5.32 Å². The van der Waals surface area contributed by atoms with E-state index in [4.69, 9.17) is 14.2 Å². The Morgan fingerprint density at radius 3 is 2.28 bits per heavy atom. The van der Waals surface area contributed by atoms with E-state index in [9.17, 15) is 14.4 Å². The van der Waals surface area contributed by atoms with Crippen LogP contribution in [0.2, 0.25) is 0 Å². The van der Waals surface area contributed by atoms with Crippen LogP contribution in [0, 0.1) is 6.92 Å². The number of benzene rings is 1. The molecule has 0 saturated carbocycles. The molecule has 0 spiro atoms. The minimum Gasteiger partial charge on any atom is -0.493 e. The van der Waals surface area contributed by atoms with Gasteiger partial charge in [-0.1, -0.05) is 31.2 Å². The van der Waals surface area contributed by atoms with E-state index >= 15 is 0 Å². The lowest BCUT2D eigenvalue weighted by molar-refractivity contribution is -0.152. The SMILES string of the molecule is C=N/C(C(=O)N[C@@H](C)C(=O)O[C@@H](C)[C@@H](C)c1ccccc1C)=C(OC(C)=O)\C(=C/C)OC. The highest BCUT2D eigenvalue weighted by molar-refractivity contribution is 5.97. The van der Waals surface area contributed by atoms with Crippen LogP contribution in [0.5, 0.6) is 0 Å². The molecule has 8 heteroatoms. The zero-order valence-electron chi connectivity index (χ0n) is 19.7. The number of methoxy groups -OCH3 is 1. The number of hydrogen-bond donors (Lipinski definition) is 1. The summed E-state index contributed by atoms with van der Waals surface area (Å²) in [5, 5.41) is 2.50. The molecule has 0 saturated heterocycles. The van der Waals surface area contributed by atoms with Crippen LogP contribution in [0.25, 0.3) is 0 Å². The fourth-order valence-electron chi connectivity index (χ4n) is 3.01. The molecule has 8 nitrogen and oxygen atoms in total. The van der Waals surface area contributed by atoms with Gasteiger partial charge in [-0.3, -0.25) is 14.6 Å². The molecule has 174 valence electrons. The minimum atomic E-state index is -0.985. The number of rotatable bonds is 10. The van der Waals surface area contributed by atoms with Crippen LogP contribution in [-0.2, 0) is 28.6 Å². The first-order valence-corrected chi connectivity index (χ1v) is 10.2. The van der Waals surface area contributed by atoms with Crippen molar-refractivity contribution in [3.63, 3.8) is 0 Å². The van der Waals surface area contributed by atoms with E-state index in [1.54, 1.807) is 13.8 Å². The third-order valence-electron chi connectivity index (χ3n) is 4.93. The summed E-state index contributed by atoms with van der Waals surface area (Å²) in [7, 11) is 1.36. The number of nitrogens with zero attached hydrogens (tertiary/aromatic N) is 1. The molecule has 1 aromatic rings. The molecule has 32 heavy (non-hydrogen) atoms. The zero-order valence-corrected chi connectivity index (χ0v) is 19.7. The first-order chi connectivity index (χ1) is 15.1. The third kappa shape index (κ3) is 7.08. The van der Waals surface area contributed by atoms with Gasteiger partial charge in [-0.05, 0) is 51.6 Å². The Morgan fingerprint density at radius 1 is 1.16 bits per heavy atom. The molecule has 1 N–H and O–H groups in total. The van der Waals surface area contributed by atoms with Gasteiger partial charge < -0.3 is 19.5 Å². The van der Waals surface area contributed by atoms with E-state index in [-0.39, 0.29) is 23.1 Å². The fraction of sp³-hybridized carbons (Fsp3) is 0.417. The second kappa shape index (κ2) is 12.4. The summed E-state index contributed by atoms with van der Waals surface area (Å²) < 4.78 is 15.8. The monoisotopic (exact) mass is 444 g/mol. The molecule has 0 fully saturated rings. The summed E-state index contributed by atoms with van der Waals surface area (Å²) in [6.07, 6.45) is 1.08. The molecule has 1 aromatic carbocycles. The Hall–Kier alpha value is -3.42. The highest BCUT2D eigenvalue weighted by atomic mass is 16.6. The number of carbonyl (C=O) groups excluding carboxylic acids is 3. The first-order valence-electron chi connectivity index (χ1n) is 10.2. The normalized spacial score (nSPS) is 14.9. The zero-order chi connectivity index (χ0) is 24.4. The lowest BCUT2D eigenvalue weighted by atomic mass is 9.92. The Balaban J connectivity index is 2.98. The van der Waals surface area contributed by atoms with Gasteiger partial charge in [0, 0.05) is 12.8 Å². The van der Waals surface area contributed by atoms with Crippen molar-refractivity contribution in [2.45, 2.75) is 59.6 Å².